The van der Waals surface area contributed by atoms with E-state index in [1.807, 2.05) is 0 Å². The molecule has 0 radical (unpaired) electrons. The molecule has 6 heteroatoms. The van der Waals surface area contributed by atoms with Crippen LogP contribution in [0.5, 0.6) is 0 Å². The highest BCUT2D eigenvalue weighted by Gasteiger charge is 2.27. The molecule has 0 fully saturated rings. The van der Waals surface area contributed by atoms with Crippen LogP contribution in [-0.4, -0.2) is 19.3 Å². The van der Waals surface area contributed by atoms with Gasteiger partial charge in [-0.2, -0.15) is 13.2 Å². The minimum absolute atomic E-state index is 0.137. The summed E-state index contributed by atoms with van der Waals surface area (Å²) in [5.41, 5.74) is 0.954. The second-order valence-electron chi connectivity index (χ2n) is 5.06. The van der Waals surface area contributed by atoms with E-state index in [-0.39, 0.29) is 12.2 Å². The van der Waals surface area contributed by atoms with Gasteiger partial charge < -0.3 is 10.1 Å². The first-order valence-corrected chi connectivity index (χ1v) is 6.40. The Kier molecular flexibility index (Phi) is 6.42. The first-order chi connectivity index (χ1) is 9.28. The van der Waals surface area contributed by atoms with Gasteiger partial charge in [0.15, 0.2) is 0 Å². The van der Waals surface area contributed by atoms with E-state index < -0.39 is 18.6 Å². The van der Waals surface area contributed by atoms with Crippen molar-refractivity contribution >= 4 is 0 Å². The van der Waals surface area contributed by atoms with E-state index in [1.165, 1.54) is 12.1 Å². The zero-order chi connectivity index (χ0) is 15.2. The second kappa shape index (κ2) is 7.59. The van der Waals surface area contributed by atoms with Crippen LogP contribution >= 0.6 is 0 Å². The molecule has 0 aromatic heterocycles. The summed E-state index contributed by atoms with van der Waals surface area (Å²) >= 11 is 0. The summed E-state index contributed by atoms with van der Waals surface area (Å²) < 4.78 is 53.8. The molecule has 1 aromatic carbocycles. The fourth-order valence-electron chi connectivity index (χ4n) is 1.63. The molecule has 2 nitrogen and oxygen atoms in total. The molecule has 0 saturated heterocycles. The maximum atomic E-state index is 13.5. The molecule has 114 valence electrons. The van der Waals surface area contributed by atoms with Crippen LogP contribution in [0.15, 0.2) is 18.2 Å². The number of hydrogen-bond acceptors (Lipinski definition) is 2. The lowest BCUT2D eigenvalue weighted by molar-refractivity contribution is -0.176. The van der Waals surface area contributed by atoms with Crippen LogP contribution in [0.1, 0.15) is 25.0 Å². The third kappa shape index (κ3) is 6.86. The van der Waals surface area contributed by atoms with Crippen molar-refractivity contribution in [1.29, 1.82) is 0 Å². The zero-order valence-electron chi connectivity index (χ0n) is 11.6. The molecule has 20 heavy (non-hydrogen) atoms. The smallest absolute Gasteiger partial charge is 0.367 e. The Morgan fingerprint density at radius 3 is 2.55 bits per heavy atom. The third-order valence-electron chi connectivity index (χ3n) is 2.52. The second-order valence-corrected chi connectivity index (χ2v) is 5.06. The Bertz CT molecular complexity index is 418. The molecule has 0 aliphatic carbocycles. The SMILES string of the molecule is CC(C)CNCc1ccc(F)c(COCC(F)(F)F)c1. The van der Waals surface area contributed by atoms with Crippen molar-refractivity contribution in [2.75, 3.05) is 13.2 Å². The van der Waals surface area contributed by atoms with Gasteiger partial charge in [0.25, 0.3) is 0 Å². The molecule has 0 atom stereocenters. The molecule has 0 unspecified atom stereocenters. The highest BCUT2D eigenvalue weighted by Crippen LogP contribution is 2.17. The molecule has 0 saturated carbocycles. The number of alkyl halides is 3. The van der Waals surface area contributed by atoms with E-state index in [1.54, 1.807) is 6.07 Å². The van der Waals surface area contributed by atoms with Gasteiger partial charge in [-0.3, -0.25) is 0 Å². The Morgan fingerprint density at radius 1 is 1.25 bits per heavy atom. The van der Waals surface area contributed by atoms with Crippen molar-refractivity contribution in [1.82, 2.24) is 5.32 Å². The number of nitrogens with one attached hydrogen (secondary N) is 1. The van der Waals surface area contributed by atoms with Crippen LogP contribution in [0, 0.1) is 11.7 Å². The van der Waals surface area contributed by atoms with Crippen LogP contribution in [0.25, 0.3) is 0 Å². The van der Waals surface area contributed by atoms with Crippen LogP contribution < -0.4 is 5.32 Å². The van der Waals surface area contributed by atoms with Crippen molar-refractivity contribution in [2.45, 2.75) is 33.2 Å². The molecular weight excluding hydrogens is 274 g/mol. The highest BCUT2D eigenvalue weighted by atomic mass is 19.4. The molecule has 0 aliphatic heterocycles. The van der Waals surface area contributed by atoms with E-state index in [0.29, 0.717) is 12.5 Å². The number of hydrogen-bond donors (Lipinski definition) is 1. The Morgan fingerprint density at radius 2 is 1.95 bits per heavy atom. The molecule has 0 heterocycles. The quantitative estimate of drug-likeness (QED) is 0.775. The van der Waals surface area contributed by atoms with Crippen LogP contribution in [0.4, 0.5) is 17.6 Å². The van der Waals surface area contributed by atoms with Gasteiger partial charge in [0.05, 0.1) is 6.61 Å². The maximum Gasteiger partial charge on any atom is 0.411 e. The van der Waals surface area contributed by atoms with E-state index >= 15 is 0 Å². The van der Waals surface area contributed by atoms with Gasteiger partial charge >= 0.3 is 6.18 Å². The van der Waals surface area contributed by atoms with Crippen LogP contribution in [0.3, 0.4) is 0 Å². The lowest BCUT2D eigenvalue weighted by Gasteiger charge is -2.11. The summed E-state index contributed by atoms with van der Waals surface area (Å²) in [4.78, 5) is 0. The first-order valence-electron chi connectivity index (χ1n) is 6.40. The third-order valence-corrected chi connectivity index (χ3v) is 2.52. The molecule has 0 amide bonds. The van der Waals surface area contributed by atoms with Crippen molar-refractivity contribution < 1.29 is 22.3 Å². The van der Waals surface area contributed by atoms with Gasteiger partial charge in [0.2, 0.25) is 0 Å². The van der Waals surface area contributed by atoms with Gasteiger partial charge in [0.1, 0.15) is 12.4 Å². The number of halogens is 4. The summed E-state index contributed by atoms with van der Waals surface area (Å²) in [6.45, 7) is 3.73. The zero-order valence-corrected chi connectivity index (χ0v) is 11.6. The van der Waals surface area contributed by atoms with E-state index in [0.717, 1.165) is 12.1 Å². The van der Waals surface area contributed by atoms with Crippen LogP contribution in [-0.2, 0) is 17.9 Å². The fraction of sp³-hybridized carbons (Fsp3) is 0.571. The summed E-state index contributed by atoms with van der Waals surface area (Å²) in [6.07, 6.45) is -4.40. The summed E-state index contributed by atoms with van der Waals surface area (Å²) in [7, 11) is 0. The highest BCUT2D eigenvalue weighted by molar-refractivity contribution is 5.24. The Balaban J connectivity index is 2.53. The van der Waals surface area contributed by atoms with Crippen molar-refractivity contribution in [3.05, 3.63) is 35.1 Å². The van der Waals surface area contributed by atoms with E-state index in [4.69, 9.17) is 0 Å². The molecule has 0 aliphatic rings. The maximum absolute atomic E-state index is 13.5. The monoisotopic (exact) mass is 293 g/mol. The fourth-order valence-corrected chi connectivity index (χ4v) is 1.63. The molecule has 1 aromatic rings. The molecular formula is C14H19F4NO. The lowest BCUT2D eigenvalue weighted by atomic mass is 10.1. The van der Waals surface area contributed by atoms with Crippen LogP contribution in [0.2, 0.25) is 0 Å². The van der Waals surface area contributed by atoms with Crippen molar-refractivity contribution in [3.8, 4) is 0 Å². The predicted molar refractivity (Wildman–Crippen MR) is 68.7 cm³/mol. The number of rotatable bonds is 7. The summed E-state index contributed by atoms with van der Waals surface area (Å²) in [5.74, 6) is -0.0650. The van der Waals surface area contributed by atoms with Crippen molar-refractivity contribution in [3.63, 3.8) is 0 Å². The topological polar surface area (TPSA) is 21.3 Å². The molecule has 0 bridgehead atoms. The van der Waals surface area contributed by atoms with E-state index in [9.17, 15) is 17.6 Å². The van der Waals surface area contributed by atoms with E-state index in [2.05, 4.69) is 23.9 Å². The minimum atomic E-state index is -4.40. The standard InChI is InChI=1S/C14H19F4NO/c1-10(2)6-19-7-11-3-4-13(15)12(5-11)8-20-9-14(16,17)18/h3-5,10,19H,6-9H2,1-2H3. The van der Waals surface area contributed by atoms with Gasteiger partial charge in [0, 0.05) is 12.1 Å². The largest absolute Gasteiger partial charge is 0.411 e. The molecule has 0 spiro atoms. The van der Waals surface area contributed by atoms with Gasteiger partial charge in [-0.15, -0.1) is 0 Å². The Hall–Kier alpha value is -1.14. The van der Waals surface area contributed by atoms with Gasteiger partial charge in [-0.25, -0.2) is 4.39 Å². The number of ether oxygens (including phenoxy) is 1. The Labute approximate surface area is 116 Å². The average molecular weight is 293 g/mol. The first kappa shape index (κ1) is 16.9. The van der Waals surface area contributed by atoms with Crippen molar-refractivity contribution in [2.24, 2.45) is 5.92 Å². The normalized spacial score (nSPS) is 12.2. The summed E-state index contributed by atoms with van der Waals surface area (Å²) in [5, 5.41) is 3.18. The lowest BCUT2D eigenvalue weighted by Crippen LogP contribution is -2.19. The summed E-state index contributed by atoms with van der Waals surface area (Å²) in [6, 6.07) is 4.38. The average Bonchev–Trinajstić information content (AvgIpc) is 2.31. The molecule has 1 N–H and O–H groups in total. The predicted octanol–water partition coefficient (Wildman–Crippen LogP) is 3.65. The number of benzene rings is 1. The molecule has 1 rings (SSSR count). The minimum Gasteiger partial charge on any atom is -0.367 e. The van der Waals surface area contributed by atoms with Gasteiger partial charge in [-0.1, -0.05) is 19.9 Å². The van der Waals surface area contributed by atoms with Gasteiger partial charge in [-0.05, 0) is 30.2 Å².